The van der Waals surface area contributed by atoms with Gasteiger partial charge in [0.2, 0.25) is 5.91 Å². The third-order valence-corrected chi connectivity index (χ3v) is 2.62. The summed E-state index contributed by atoms with van der Waals surface area (Å²) in [6.07, 6.45) is 0.545. The van der Waals surface area contributed by atoms with E-state index in [1.807, 2.05) is 41.5 Å². The molecule has 0 aliphatic rings. The van der Waals surface area contributed by atoms with Gasteiger partial charge in [0.25, 0.3) is 11.9 Å². The van der Waals surface area contributed by atoms with Crippen molar-refractivity contribution in [3.63, 3.8) is 0 Å². The van der Waals surface area contributed by atoms with E-state index in [1.165, 1.54) is 13.8 Å². The first-order valence-electron chi connectivity index (χ1n) is 9.70. The summed E-state index contributed by atoms with van der Waals surface area (Å²) in [5.41, 5.74) is 4.80. The highest BCUT2D eigenvalue weighted by atomic mass is 16.7. The summed E-state index contributed by atoms with van der Waals surface area (Å²) < 4.78 is 0. The van der Waals surface area contributed by atoms with Crippen molar-refractivity contribution >= 4 is 5.91 Å². The van der Waals surface area contributed by atoms with Crippen LogP contribution < -0.4 is 5.73 Å². The van der Waals surface area contributed by atoms with E-state index < -0.39 is 23.8 Å². The lowest BCUT2D eigenvalue weighted by Crippen LogP contribution is -2.34. The van der Waals surface area contributed by atoms with Gasteiger partial charge in [0.05, 0.1) is 0 Å². The monoisotopic (exact) mass is 403 g/mol. The standard InChI is InChI=1S/C5H12O3.C4H9NO.C4H10O3.3C2H6/c1-3-4(2)5(6,7)8;1-3(2)4(5)6;1-3(2)4(5,6)7;3*1-2/h4,6-8H,3H2,1-2H3;3H,1-2H3,(H2,5,6);3,5-7H,1-2H3;3*1-2H3. The fourth-order valence-electron chi connectivity index (χ4n) is 0.274. The van der Waals surface area contributed by atoms with Gasteiger partial charge < -0.3 is 36.4 Å². The largest absolute Gasteiger partial charge is 0.369 e. The predicted octanol–water partition coefficient (Wildman–Crippen LogP) is 2.14. The van der Waals surface area contributed by atoms with Crippen LogP contribution >= 0.6 is 0 Å². The molecule has 1 unspecified atom stereocenters. The Morgan fingerprint density at radius 3 is 0.926 bits per heavy atom. The minimum Gasteiger partial charge on any atom is -0.369 e. The molecule has 0 spiro atoms. The molecule has 8 heteroatoms. The van der Waals surface area contributed by atoms with E-state index >= 15 is 0 Å². The number of hydrogen-bond acceptors (Lipinski definition) is 7. The van der Waals surface area contributed by atoms with E-state index in [2.05, 4.69) is 0 Å². The number of primary amides is 1. The van der Waals surface area contributed by atoms with Crippen LogP contribution in [0.1, 0.15) is 89.5 Å². The summed E-state index contributed by atoms with van der Waals surface area (Å²) in [5, 5.41) is 49.8. The van der Waals surface area contributed by atoms with Gasteiger partial charge in [-0.1, -0.05) is 83.1 Å². The average Bonchev–Trinajstić information content (AvgIpc) is 2.58. The first kappa shape index (κ1) is 40.8. The first-order valence-corrected chi connectivity index (χ1v) is 9.70. The Hall–Kier alpha value is -0.770. The van der Waals surface area contributed by atoms with Crippen molar-refractivity contribution in [3.8, 4) is 0 Å². The fraction of sp³-hybridized carbons (Fsp3) is 0.947. The van der Waals surface area contributed by atoms with Crippen molar-refractivity contribution in [2.24, 2.45) is 23.5 Å². The molecule has 1 atom stereocenters. The van der Waals surface area contributed by atoms with Crippen LogP contribution in [0.15, 0.2) is 0 Å². The van der Waals surface area contributed by atoms with Gasteiger partial charge in [0.15, 0.2) is 0 Å². The maximum atomic E-state index is 9.92. The summed E-state index contributed by atoms with van der Waals surface area (Å²) in [6.45, 7) is 21.9. The van der Waals surface area contributed by atoms with E-state index in [4.69, 9.17) is 36.4 Å². The lowest BCUT2D eigenvalue weighted by atomic mass is 10.1. The summed E-state index contributed by atoms with van der Waals surface area (Å²) in [5.74, 6) is -6.26. The average molecular weight is 404 g/mol. The van der Waals surface area contributed by atoms with Gasteiger partial charge in [-0.3, -0.25) is 4.79 Å². The second-order valence-electron chi connectivity index (χ2n) is 5.40. The highest BCUT2D eigenvalue weighted by Crippen LogP contribution is 2.12. The third kappa shape index (κ3) is 45.9. The fourth-order valence-corrected chi connectivity index (χ4v) is 0.274. The molecule has 0 bridgehead atoms. The van der Waals surface area contributed by atoms with Gasteiger partial charge in [0.1, 0.15) is 0 Å². The Bertz CT molecular complexity index is 270. The number of carbonyl (C=O) groups excluding carboxylic acids is 1. The SMILES string of the molecule is CC.CC.CC.CC(C)C(N)=O.CC(C)C(O)(O)O.CCC(C)C(O)(O)O. The molecule has 0 aromatic carbocycles. The van der Waals surface area contributed by atoms with E-state index in [0.717, 1.165) is 0 Å². The van der Waals surface area contributed by atoms with Gasteiger partial charge in [-0.15, -0.1) is 0 Å². The number of hydrogen-bond donors (Lipinski definition) is 7. The molecule has 0 aliphatic heterocycles. The Labute approximate surface area is 167 Å². The van der Waals surface area contributed by atoms with Crippen LogP contribution in [0, 0.1) is 17.8 Å². The molecule has 8 nitrogen and oxygen atoms in total. The topological polar surface area (TPSA) is 164 Å². The quantitative estimate of drug-likeness (QED) is 0.353. The Kier molecular flexibility index (Phi) is 38.1. The van der Waals surface area contributed by atoms with Crippen molar-refractivity contribution in [2.45, 2.75) is 101 Å². The summed E-state index contributed by atoms with van der Waals surface area (Å²) in [4.78, 5) is 9.92. The van der Waals surface area contributed by atoms with E-state index in [9.17, 15) is 4.79 Å². The van der Waals surface area contributed by atoms with Crippen LogP contribution in [-0.4, -0.2) is 48.5 Å². The molecule has 0 fully saturated rings. The maximum absolute atomic E-state index is 9.92. The third-order valence-electron chi connectivity index (χ3n) is 2.62. The number of nitrogens with two attached hydrogens (primary N) is 1. The lowest BCUT2D eigenvalue weighted by molar-refractivity contribution is -0.339. The minimum absolute atomic E-state index is 0.00926. The normalized spacial score (nSPS) is 10.8. The predicted molar refractivity (Wildman–Crippen MR) is 111 cm³/mol. The second kappa shape index (κ2) is 25.2. The Balaban J connectivity index is -0.0000000539. The molecule has 0 rings (SSSR count). The molecule has 172 valence electrons. The van der Waals surface area contributed by atoms with Crippen LogP contribution in [0.2, 0.25) is 0 Å². The number of carbonyl (C=O) groups is 1. The number of rotatable bonds is 4. The summed E-state index contributed by atoms with van der Waals surface area (Å²) >= 11 is 0. The number of amides is 1. The van der Waals surface area contributed by atoms with Crippen molar-refractivity contribution in [1.82, 2.24) is 0 Å². The van der Waals surface area contributed by atoms with Gasteiger partial charge in [-0.05, 0) is 6.42 Å². The zero-order valence-electron chi connectivity index (χ0n) is 19.6. The first-order chi connectivity index (χ1) is 12.1. The minimum atomic E-state index is -2.50. The van der Waals surface area contributed by atoms with Crippen LogP contribution in [0.5, 0.6) is 0 Å². The van der Waals surface area contributed by atoms with Crippen molar-refractivity contribution < 1.29 is 35.4 Å². The zero-order valence-corrected chi connectivity index (χ0v) is 19.6. The van der Waals surface area contributed by atoms with Crippen molar-refractivity contribution in [1.29, 1.82) is 0 Å². The molecule has 1 amide bonds. The van der Waals surface area contributed by atoms with Gasteiger partial charge in [-0.25, -0.2) is 0 Å². The summed E-state index contributed by atoms with van der Waals surface area (Å²) in [6, 6.07) is 0. The molecule has 0 aliphatic carbocycles. The number of aliphatic hydroxyl groups is 6. The van der Waals surface area contributed by atoms with E-state index in [1.54, 1.807) is 27.7 Å². The highest BCUT2D eigenvalue weighted by molar-refractivity contribution is 5.75. The second-order valence-corrected chi connectivity index (χ2v) is 5.40. The molecule has 0 saturated heterocycles. The highest BCUT2D eigenvalue weighted by Gasteiger charge is 2.25. The maximum Gasteiger partial charge on any atom is 0.277 e. The molecule has 0 heterocycles. The zero-order chi connectivity index (χ0) is 24.0. The molecule has 27 heavy (non-hydrogen) atoms. The smallest absolute Gasteiger partial charge is 0.277 e. The molecule has 0 aromatic rings. The molecular formula is C19H49NO7. The van der Waals surface area contributed by atoms with Crippen LogP contribution in [0.4, 0.5) is 0 Å². The molecular weight excluding hydrogens is 354 g/mol. The molecule has 0 saturated carbocycles. The van der Waals surface area contributed by atoms with Crippen molar-refractivity contribution in [3.05, 3.63) is 0 Å². The Morgan fingerprint density at radius 1 is 0.741 bits per heavy atom. The van der Waals surface area contributed by atoms with Gasteiger partial charge >= 0.3 is 0 Å². The Morgan fingerprint density at radius 2 is 0.926 bits per heavy atom. The van der Waals surface area contributed by atoms with Crippen LogP contribution in [0.3, 0.4) is 0 Å². The van der Waals surface area contributed by atoms with Gasteiger partial charge in [-0.2, -0.15) is 0 Å². The van der Waals surface area contributed by atoms with Crippen molar-refractivity contribution in [2.75, 3.05) is 0 Å². The molecule has 0 aromatic heterocycles. The van der Waals surface area contributed by atoms with Crippen LogP contribution in [-0.2, 0) is 4.79 Å². The van der Waals surface area contributed by atoms with E-state index in [-0.39, 0.29) is 11.8 Å². The van der Waals surface area contributed by atoms with Gasteiger partial charge in [0, 0.05) is 17.8 Å². The summed E-state index contributed by atoms with van der Waals surface area (Å²) in [7, 11) is 0. The molecule has 8 N–H and O–H groups in total. The molecule has 0 radical (unpaired) electrons. The lowest BCUT2D eigenvalue weighted by Gasteiger charge is -2.19. The van der Waals surface area contributed by atoms with Crippen LogP contribution in [0.25, 0.3) is 0 Å². The van der Waals surface area contributed by atoms with E-state index in [0.29, 0.717) is 6.42 Å².